The highest BCUT2D eigenvalue weighted by atomic mass is 16.7. The third-order valence-corrected chi connectivity index (χ3v) is 3.32. The van der Waals surface area contributed by atoms with Crippen LogP contribution in [0.25, 0.3) is 11.6 Å². The van der Waals surface area contributed by atoms with Crippen LogP contribution >= 0.6 is 0 Å². The summed E-state index contributed by atoms with van der Waals surface area (Å²) in [6, 6.07) is 12.3. The first-order chi connectivity index (χ1) is 10.7. The Morgan fingerprint density at radius 2 is 2.00 bits per heavy atom. The van der Waals surface area contributed by atoms with Gasteiger partial charge in [0, 0.05) is 0 Å². The van der Waals surface area contributed by atoms with Crippen LogP contribution in [-0.4, -0.2) is 25.0 Å². The van der Waals surface area contributed by atoms with E-state index in [0.717, 1.165) is 5.56 Å². The van der Waals surface area contributed by atoms with Gasteiger partial charge in [0.15, 0.2) is 11.5 Å². The van der Waals surface area contributed by atoms with E-state index in [-0.39, 0.29) is 12.4 Å². The van der Waals surface area contributed by atoms with Gasteiger partial charge in [0.05, 0.1) is 12.7 Å². The predicted octanol–water partition coefficient (Wildman–Crippen LogP) is 3.05. The highest BCUT2D eigenvalue weighted by molar-refractivity contribution is 6.20. The van der Waals surface area contributed by atoms with Crippen LogP contribution in [0.2, 0.25) is 0 Å². The van der Waals surface area contributed by atoms with E-state index in [1.165, 1.54) is 0 Å². The van der Waals surface area contributed by atoms with Crippen LogP contribution in [0.5, 0.6) is 17.2 Å². The molecule has 1 aliphatic rings. The Labute approximate surface area is 127 Å². The Hall–Kier alpha value is -2.95. The van der Waals surface area contributed by atoms with Gasteiger partial charge in [-0.15, -0.1) is 0 Å². The second-order valence-electron chi connectivity index (χ2n) is 4.71. The molecule has 112 valence electrons. The molecule has 1 N–H and O–H groups in total. The lowest BCUT2D eigenvalue weighted by atomic mass is 10.0. The van der Waals surface area contributed by atoms with Gasteiger partial charge < -0.3 is 19.3 Å². The minimum atomic E-state index is -1.01. The van der Waals surface area contributed by atoms with Crippen molar-refractivity contribution in [3.05, 3.63) is 53.6 Å². The van der Waals surface area contributed by atoms with Gasteiger partial charge in [-0.2, -0.15) is 0 Å². The first-order valence-electron chi connectivity index (χ1n) is 6.66. The van der Waals surface area contributed by atoms with Crippen molar-refractivity contribution < 1.29 is 24.1 Å². The monoisotopic (exact) mass is 298 g/mol. The molecule has 0 unspecified atom stereocenters. The number of carboxylic acid groups (broad SMARTS) is 1. The van der Waals surface area contributed by atoms with E-state index in [1.54, 1.807) is 43.5 Å². The fraction of sp³-hybridized carbons (Fsp3) is 0.118. The van der Waals surface area contributed by atoms with E-state index >= 15 is 0 Å². The fourth-order valence-corrected chi connectivity index (χ4v) is 2.23. The predicted molar refractivity (Wildman–Crippen MR) is 81.1 cm³/mol. The Morgan fingerprint density at radius 3 is 2.77 bits per heavy atom. The summed E-state index contributed by atoms with van der Waals surface area (Å²) in [7, 11) is 1.57. The normalized spacial score (nSPS) is 13.0. The van der Waals surface area contributed by atoms with E-state index in [4.69, 9.17) is 14.2 Å². The quantitative estimate of drug-likeness (QED) is 0.694. The summed E-state index contributed by atoms with van der Waals surface area (Å²) in [6.45, 7) is 0.154. The minimum absolute atomic E-state index is 0.154. The number of rotatable bonds is 4. The average molecular weight is 298 g/mol. The van der Waals surface area contributed by atoms with Crippen LogP contribution < -0.4 is 14.2 Å². The van der Waals surface area contributed by atoms with Crippen molar-refractivity contribution in [3.8, 4) is 17.2 Å². The van der Waals surface area contributed by atoms with Crippen molar-refractivity contribution in [1.29, 1.82) is 0 Å². The molecule has 0 aliphatic carbocycles. The summed E-state index contributed by atoms with van der Waals surface area (Å²) >= 11 is 0. The number of aliphatic carboxylic acids is 1. The number of carbonyl (C=O) groups is 1. The standard InChI is InChI=1S/C17H14O5/c1-20-13-4-2-3-11(7-13)8-14(17(18)19)12-5-6-15-16(9-12)22-10-21-15/h2-9H,10H2,1H3,(H,18,19)/b14-8-. The molecule has 0 atom stereocenters. The summed E-state index contributed by atoms with van der Waals surface area (Å²) in [4.78, 5) is 11.6. The zero-order valence-corrected chi connectivity index (χ0v) is 11.9. The van der Waals surface area contributed by atoms with Gasteiger partial charge in [-0.1, -0.05) is 18.2 Å². The molecule has 3 rings (SSSR count). The Kier molecular flexibility index (Phi) is 3.70. The number of carboxylic acids is 1. The first kappa shape index (κ1) is 14.0. The molecule has 0 saturated heterocycles. The summed E-state index contributed by atoms with van der Waals surface area (Å²) in [6.07, 6.45) is 1.60. The van der Waals surface area contributed by atoms with Crippen LogP contribution in [-0.2, 0) is 4.79 Å². The molecule has 2 aromatic rings. The number of ether oxygens (including phenoxy) is 3. The fourth-order valence-electron chi connectivity index (χ4n) is 2.23. The van der Waals surface area contributed by atoms with Gasteiger partial charge in [-0.3, -0.25) is 0 Å². The molecule has 1 heterocycles. The van der Waals surface area contributed by atoms with Gasteiger partial charge in [-0.25, -0.2) is 4.79 Å². The van der Waals surface area contributed by atoms with E-state index < -0.39 is 5.97 Å². The summed E-state index contributed by atoms with van der Waals surface area (Å²) in [5.74, 6) is 0.830. The highest BCUT2D eigenvalue weighted by Crippen LogP contribution is 2.35. The van der Waals surface area contributed by atoms with Crippen molar-refractivity contribution >= 4 is 17.6 Å². The SMILES string of the molecule is COc1cccc(/C=C(\C(=O)O)c2ccc3c(c2)OCO3)c1. The molecule has 0 spiro atoms. The van der Waals surface area contributed by atoms with Gasteiger partial charge >= 0.3 is 5.97 Å². The average Bonchev–Trinajstić information content (AvgIpc) is 3.00. The van der Waals surface area contributed by atoms with Crippen LogP contribution in [0, 0.1) is 0 Å². The van der Waals surface area contributed by atoms with Crippen LogP contribution in [0.4, 0.5) is 0 Å². The van der Waals surface area contributed by atoms with E-state index in [2.05, 4.69) is 0 Å². The molecule has 0 bridgehead atoms. The molecule has 1 aliphatic heterocycles. The number of hydrogen-bond acceptors (Lipinski definition) is 4. The Bertz CT molecular complexity index is 748. The zero-order valence-electron chi connectivity index (χ0n) is 11.9. The number of methoxy groups -OCH3 is 1. The summed E-state index contributed by atoms with van der Waals surface area (Å²) in [5, 5.41) is 9.49. The summed E-state index contributed by atoms with van der Waals surface area (Å²) in [5.41, 5.74) is 1.47. The topological polar surface area (TPSA) is 65.0 Å². The lowest BCUT2D eigenvalue weighted by Gasteiger charge is -2.06. The third-order valence-electron chi connectivity index (χ3n) is 3.32. The maximum atomic E-state index is 11.6. The van der Waals surface area contributed by atoms with Crippen LogP contribution in [0.1, 0.15) is 11.1 Å². The lowest BCUT2D eigenvalue weighted by molar-refractivity contribution is -0.130. The number of hydrogen-bond donors (Lipinski definition) is 1. The minimum Gasteiger partial charge on any atom is -0.497 e. The van der Waals surface area contributed by atoms with Crippen molar-refractivity contribution in [3.63, 3.8) is 0 Å². The second kappa shape index (κ2) is 5.81. The van der Waals surface area contributed by atoms with Gasteiger partial charge in [-0.05, 0) is 41.5 Å². The lowest BCUT2D eigenvalue weighted by Crippen LogP contribution is -1.99. The molecule has 22 heavy (non-hydrogen) atoms. The highest BCUT2D eigenvalue weighted by Gasteiger charge is 2.17. The third kappa shape index (κ3) is 2.74. The Morgan fingerprint density at radius 1 is 1.18 bits per heavy atom. The molecule has 2 aromatic carbocycles. The number of fused-ring (bicyclic) bond motifs is 1. The molecule has 5 heteroatoms. The molecule has 0 saturated carbocycles. The summed E-state index contributed by atoms with van der Waals surface area (Å²) < 4.78 is 15.7. The zero-order chi connectivity index (χ0) is 15.5. The van der Waals surface area contributed by atoms with Crippen LogP contribution in [0.3, 0.4) is 0 Å². The maximum absolute atomic E-state index is 11.6. The van der Waals surface area contributed by atoms with Crippen molar-refractivity contribution in [2.45, 2.75) is 0 Å². The van der Waals surface area contributed by atoms with Crippen LogP contribution in [0.15, 0.2) is 42.5 Å². The molecule has 0 radical (unpaired) electrons. The second-order valence-corrected chi connectivity index (χ2v) is 4.71. The van der Waals surface area contributed by atoms with Crippen molar-refractivity contribution in [2.24, 2.45) is 0 Å². The molecule has 0 amide bonds. The smallest absolute Gasteiger partial charge is 0.336 e. The van der Waals surface area contributed by atoms with E-state index in [0.29, 0.717) is 22.8 Å². The van der Waals surface area contributed by atoms with Gasteiger partial charge in [0.25, 0.3) is 0 Å². The molecule has 0 fully saturated rings. The molecular weight excluding hydrogens is 284 g/mol. The molecular formula is C17H14O5. The van der Waals surface area contributed by atoms with E-state index in [9.17, 15) is 9.90 Å². The largest absolute Gasteiger partial charge is 0.497 e. The van der Waals surface area contributed by atoms with Gasteiger partial charge in [0.1, 0.15) is 5.75 Å². The molecule has 5 nitrogen and oxygen atoms in total. The Balaban J connectivity index is 2.02. The van der Waals surface area contributed by atoms with E-state index in [1.807, 2.05) is 12.1 Å². The first-order valence-corrected chi connectivity index (χ1v) is 6.66. The number of benzene rings is 2. The van der Waals surface area contributed by atoms with Crippen molar-refractivity contribution in [1.82, 2.24) is 0 Å². The van der Waals surface area contributed by atoms with Gasteiger partial charge in [0.2, 0.25) is 6.79 Å². The molecule has 0 aromatic heterocycles. The van der Waals surface area contributed by atoms with Crippen molar-refractivity contribution in [2.75, 3.05) is 13.9 Å². The maximum Gasteiger partial charge on any atom is 0.336 e.